The Kier molecular flexibility index (Phi) is 4.05. The highest BCUT2D eigenvalue weighted by molar-refractivity contribution is 5.67. The van der Waals surface area contributed by atoms with Crippen molar-refractivity contribution in [3.63, 3.8) is 0 Å². The van der Waals surface area contributed by atoms with E-state index >= 15 is 0 Å². The second kappa shape index (κ2) is 5.74. The molecule has 0 aliphatic rings. The summed E-state index contributed by atoms with van der Waals surface area (Å²) in [5, 5.41) is 0. The van der Waals surface area contributed by atoms with Gasteiger partial charge in [-0.05, 0) is 23.1 Å². The number of halogens is 2. The largest absolute Gasteiger partial charge is 0.323 e. The van der Waals surface area contributed by atoms with Crippen LogP contribution in [0.1, 0.15) is 5.56 Å². The molecule has 0 saturated carbocycles. The van der Waals surface area contributed by atoms with E-state index in [-0.39, 0.29) is 6.42 Å². The topological polar surface area (TPSA) is 26.0 Å². The number of alkyl halides is 2. The molecule has 1 atom stereocenters. The van der Waals surface area contributed by atoms with Crippen LogP contribution >= 0.6 is 0 Å². The van der Waals surface area contributed by atoms with Gasteiger partial charge in [0.05, 0.1) is 6.04 Å². The first-order valence-electron chi connectivity index (χ1n) is 5.85. The first-order chi connectivity index (χ1) is 8.68. The molecule has 0 heterocycles. The highest BCUT2D eigenvalue weighted by atomic mass is 19.3. The number of hydrogen-bond donors (Lipinski definition) is 1. The van der Waals surface area contributed by atoms with Gasteiger partial charge in [0.15, 0.2) is 0 Å². The lowest BCUT2D eigenvalue weighted by molar-refractivity contribution is 0.116. The molecule has 2 aromatic rings. The van der Waals surface area contributed by atoms with E-state index in [1.807, 2.05) is 54.6 Å². The van der Waals surface area contributed by atoms with Crippen LogP contribution in [0, 0.1) is 0 Å². The van der Waals surface area contributed by atoms with Crippen LogP contribution < -0.4 is 5.73 Å². The van der Waals surface area contributed by atoms with Crippen LogP contribution in [0.5, 0.6) is 0 Å². The molecular formula is C15H15F2N. The van der Waals surface area contributed by atoms with E-state index in [0.29, 0.717) is 0 Å². The average Bonchev–Trinajstić information content (AvgIpc) is 2.40. The summed E-state index contributed by atoms with van der Waals surface area (Å²) in [6.07, 6.45) is -2.31. The zero-order chi connectivity index (χ0) is 13.0. The molecule has 2 N–H and O–H groups in total. The zero-order valence-electron chi connectivity index (χ0n) is 9.89. The van der Waals surface area contributed by atoms with Crippen LogP contribution in [0.4, 0.5) is 8.78 Å². The Hall–Kier alpha value is -1.74. The molecule has 1 nitrogen and oxygen atoms in total. The molecule has 2 aromatic carbocycles. The number of rotatable bonds is 4. The Bertz CT molecular complexity index is 497. The zero-order valence-corrected chi connectivity index (χ0v) is 9.89. The summed E-state index contributed by atoms with van der Waals surface area (Å²) >= 11 is 0. The van der Waals surface area contributed by atoms with Gasteiger partial charge >= 0.3 is 0 Å². The summed E-state index contributed by atoms with van der Waals surface area (Å²) in [7, 11) is 0. The smallest absolute Gasteiger partial charge is 0.253 e. The molecule has 0 fully saturated rings. The van der Waals surface area contributed by atoms with E-state index in [1.54, 1.807) is 0 Å². The lowest BCUT2D eigenvalue weighted by atomic mass is 9.95. The first kappa shape index (κ1) is 12.7. The molecule has 0 aromatic heterocycles. The van der Waals surface area contributed by atoms with Gasteiger partial charge in [-0.3, -0.25) is 0 Å². The van der Waals surface area contributed by atoms with Crippen LogP contribution in [0.3, 0.4) is 0 Å². The number of nitrogens with two attached hydrogens (primary N) is 1. The summed E-state index contributed by atoms with van der Waals surface area (Å²) in [5.74, 6) is 0. The highest BCUT2D eigenvalue weighted by Gasteiger charge is 2.17. The van der Waals surface area contributed by atoms with Crippen molar-refractivity contribution in [3.8, 4) is 11.1 Å². The summed E-state index contributed by atoms with van der Waals surface area (Å²) in [6.45, 7) is 0. The van der Waals surface area contributed by atoms with Gasteiger partial charge in [-0.1, -0.05) is 54.6 Å². The van der Waals surface area contributed by atoms with Crippen molar-refractivity contribution in [2.24, 2.45) is 5.73 Å². The predicted octanol–water partition coefficient (Wildman–Crippen LogP) is 3.49. The summed E-state index contributed by atoms with van der Waals surface area (Å²) in [5.41, 5.74) is 8.29. The van der Waals surface area contributed by atoms with Crippen molar-refractivity contribution in [3.05, 3.63) is 60.2 Å². The molecule has 0 aliphatic carbocycles. The molecule has 0 saturated heterocycles. The van der Waals surface area contributed by atoms with Crippen molar-refractivity contribution in [2.45, 2.75) is 18.9 Å². The van der Waals surface area contributed by atoms with Crippen molar-refractivity contribution < 1.29 is 8.78 Å². The number of hydrogen-bond acceptors (Lipinski definition) is 1. The Morgan fingerprint density at radius 2 is 1.50 bits per heavy atom. The number of benzene rings is 2. The predicted molar refractivity (Wildman–Crippen MR) is 69.6 cm³/mol. The van der Waals surface area contributed by atoms with Crippen LogP contribution in [0.25, 0.3) is 11.1 Å². The highest BCUT2D eigenvalue weighted by Crippen LogP contribution is 2.24. The average molecular weight is 247 g/mol. The first-order valence-corrected chi connectivity index (χ1v) is 5.85. The Labute approximate surface area is 105 Å². The molecule has 0 spiro atoms. The van der Waals surface area contributed by atoms with E-state index in [1.165, 1.54) is 0 Å². The molecule has 0 aliphatic heterocycles. The van der Waals surface area contributed by atoms with Crippen LogP contribution in [0.2, 0.25) is 0 Å². The van der Waals surface area contributed by atoms with Gasteiger partial charge in [-0.25, -0.2) is 8.78 Å². The lowest BCUT2D eigenvalue weighted by Crippen LogP contribution is -2.31. The van der Waals surface area contributed by atoms with Gasteiger partial charge in [-0.2, -0.15) is 0 Å². The minimum absolute atomic E-state index is 0.183. The SMILES string of the molecule is NC(Cc1ccccc1-c1ccccc1)C(F)F. The monoisotopic (exact) mass is 247 g/mol. The van der Waals surface area contributed by atoms with Crippen molar-refractivity contribution in [2.75, 3.05) is 0 Å². The molecule has 18 heavy (non-hydrogen) atoms. The fraction of sp³-hybridized carbons (Fsp3) is 0.200. The van der Waals surface area contributed by atoms with Crippen molar-refractivity contribution >= 4 is 0 Å². The standard InChI is InChI=1S/C15H15F2N/c16-15(17)14(18)10-12-8-4-5-9-13(12)11-6-2-1-3-7-11/h1-9,14-15H,10,18H2. The van der Waals surface area contributed by atoms with Gasteiger partial charge in [-0.15, -0.1) is 0 Å². The van der Waals surface area contributed by atoms with Gasteiger partial charge in [0, 0.05) is 0 Å². The van der Waals surface area contributed by atoms with E-state index in [2.05, 4.69) is 0 Å². The van der Waals surface area contributed by atoms with Crippen LogP contribution in [-0.2, 0) is 6.42 Å². The minimum Gasteiger partial charge on any atom is -0.323 e. The third kappa shape index (κ3) is 2.93. The Morgan fingerprint density at radius 3 is 2.17 bits per heavy atom. The molecule has 0 radical (unpaired) electrons. The fourth-order valence-corrected chi connectivity index (χ4v) is 1.94. The van der Waals surface area contributed by atoms with E-state index < -0.39 is 12.5 Å². The van der Waals surface area contributed by atoms with E-state index in [4.69, 9.17) is 5.73 Å². The maximum atomic E-state index is 12.5. The fourth-order valence-electron chi connectivity index (χ4n) is 1.94. The van der Waals surface area contributed by atoms with Crippen molar-refractivity contribution in [1.82, 2.24) is 0 Å². The van der Waals surface area contributed by atoms with Gasteiger partial charge < -0.3 is 5.73 Å². The van der Waals surface area contributed by atoms with Crippen molar-refractivity contribution in [1.29, 1.82) is 0 Å². The summed E-state index contributed by atoms with van der Waals surface area (Å²) < 4.78 is 25.0. The molecule has 1 unspecified atom stereocenters. The molecule has 94 valence electrons. The summed E-state index contributed by atoms with van der Waals surface area (Å²) in [6, 6.07) is 16.1. The minimum atomic E-state index is -2.49. The lowest BCUT2D eigenvalue weighted by Gasteiger charge is -2.14. The van der Waals surface area contributed by atoms with Gasteiger partial charge in [0.25, 0.3) is 6.43 Å². The third-order valence-corrected chi connectivity index (χ3v) is 2.88. The quantitative estimate of drug-likeness (QED) is 0.879. The van der Waals surface area contributed by atoms with E-state index in [0.717, 1.165) is 16.7 Å². The molecule has 3 heteroatoms. The normalized spacial score (nSPS) is 12.7. The second-order valence-electron chi connectivity index (χ2n) is 4.23. The van der Waals surface area contributed by atoms with Gasteiger partial charge in [0.2, 0.25) is 0 Å². The Morgan fingerprint density at radius 1 is 0.889 bits per heavy atom. The summed E-state index contributed by atoms with van der Waals surface area (Å²) in [4.78, 5) is 0. The second-order valence-corrected chi connectivity index (χ2v) is 4.23. The van der Waals surface area contributed by atoms with Crippen LogP contribution in [0.15, 0.2) is 54.6 Å². The third-order valence-electron chi connectivity index (χ3n) is 2.88. The maximum absolute atomic E-state index is 12.5. The Balaban J connectivity index is 2.32. The van der Waals surface area contributed by atoms with Gasteiger partial charge in [0.1, 0.15) is 0 Å². The maximum Gasteiger partial charge on any atom is 0.253 e. The molecule has 0 amide bonds. The van der Waals surface area contributed by atoms with Crippen LogP contribution in [-0.4, -0.2) is 12.5 Å². The molecule has 0 bridgehead atoms. The van der Waals surface area contributed by atoms with E-state index in [9.17, 15) is 8.78 Å². The molecular weight excluding hydrogens is 232 g/mol. The molecule has 2 rings (SSSR count).